The van der Waals surface area contributed by atoms with Gasteiger partial charge in [-0.15, -0.1) is 0 Å². The van der Waals surface area contributed by atoms with Crippen molar-refractivity contribution in [2.45, 2.75) is 51.9 Å². The Hall–Kier alpha value is -5.35. The highest BCUT2D eigenvalue weighted by Gasteiger charge is 2.38. The van der Waals surface area contributed by atoms with Crippen LogP contribution in [0.5, 0.6) is 5.75 Å². The molecule has 0 radical (unpaired) electrons. The van der Waals surface area contributed by atoms with Crippen LogP contribution in [-0.4, -0.2) is 70.6 Å². The molecule has 47 heavy (non-hydrogen) atoms. The van der Waals surface area contributed by atoms with Crippen molar-refractivity contribution in [2.24, 2.45) is 5.92 Å². The molecule has 0 aliphatic heterocycles. The first-order valence-corrected chi connectivity index (χ1v) is 13.9. The van der Waals surface area contributed by atoms with Crippen LogP contribution in [-0.2, 0) is 36.5 Å². The van der Waals surface area contributed by atoms with Crippen LogP contribution in [0.15, 0.2) is 40.9 Å². The minimum Gasteiger partial charge on any atom is -0.496 e. The summed E-state index contributed by atoms with van der Waals surface area (Å²) < 4.78 is 69.1. The van der Waals surface area contributed by atoms with Gasteiger partial charge in [-0.1, -0.05) is 25.1 Å². The first-order valence-electron chi connectivity index (χ1n) is 13.9. The van der Waals surface area contributed by atoms with Crippen molar-refractivity contribution in [3.05, 3.63) is 64.7 Å². The van der Waals surface area contributed by atoms with Crippen LogP contribution in [0.2, 0.25) is 0 Å². The molecule has 0 saturated heterocycles. The zero-order valence-electron chi connectivity index (χ0n) is 25.4. The second-order valence-corrected chi connectivity index (χ2v) is 10.5. The van der Waals surface area contributed by atoms with E-state index in [1.54, 1.807) is 39.0 Å². The first kappa shape index (κ1) is 36.1. The van der Waals surface area contributed by atoms with Gasteiger partial charge in [-0.05, 0) is 43.2 Å². The number of ketones is 1. The lowest BCUT2D eigenvalue weighted by atomic mass is 10.0. The van der Waals surface area contributed by atoms with Gasteiger partial charge in [0, 0.05) is 11.1 Å². The van der Waals surface area contributed by atoms with Gasteiger partial charge in [-0.2, -0.15) is 18.2 Å². The molecule has 252 valence electrons. The highest BCUT2D eigenvalue weighted by atomic mass is 19.4. The van der Waals surface area contributed by atoms with E-state index in [2.05, 4.69) is 25.5 Å². The minimum absolute atomic E-state index is 0.195. The van der Waals surface area contributed by atoms with Crippen LogP contribution >= 0.6 is 0 Å². The Labute approximate surface area is 264 Å². The highest BCUT2D eigenvalue weighted by Crippen LogP contribution is 2.33. The quantitative estimate of drug-likeness (QED) is 0.169. The standard InChI is InChI=1S/C30H30F4N4O9/c1-14(2)26(37-23(40)11-17-10-16(8-9-22(17)45-4)28-35-15(3)38-47-28)27(43)36-20(12-24(41)42)21(39)13-46-29(44)25-18(30(32,33)34)6-5-7-19(25)31/h5-10,14,20,26H,11-13H2,1-4H3,(H,36,43)(H,37,40)(H,41,42)/t20-,26-/m0/s1. The third kappa shape index (κ3) is 9.57. The molecule has 13 nitrogen and oxygen atoms in total. The van der Waals surface area contributed by atoms with Crippen molar-refractivity contribution >= 4 is 29.5 Å². The number of carboxylic acid groups (broad SMARTS) is 1. The predicted molar refractivity (Wildman–Crippen MR) is 152 cm³/mol. The molecule has 2 atom stereocenters. The van der Waals surface area contributed by atoms with E-state index in [1.807, 2.05) is 0 Å². The lowest BCUT2D eigenvalue weighted by Gasteiger charge is -2.25. The molecular formula is C30H30F4N4O9. The minimum atomic E-state index is -5.13. The number of hydrogen-bond donors (Lipinski definition) is 3. The summed E-state index contributed by atoms with van der Waals surface area (Å²) in [4.78, 5) is 67.0. The van der Waals surface area contributed by atoms with E-state index < -0.39 is 83.7 Å². The number of benzene rings is 2. The number of Topliss-reactive ketones (excluding diaryl/α,β-unsaturated/α-hetero) is 1. The Morgan fingerprint density at radius 1 is 1.06 bits per heavy atom. The number of carbonyl (C=O) groups is 5. The summed E-state index contributed by atoms with van der Waals surface area (Å²) in [6.45, 7) is 3.46. The third-order valence-corrected chi connectivity index (χ3v) is 6.62. The predicted octanol–water partition coefficient (Wildman–Crippen LogP) is 3.28. The van der Waals surface area contributed by atoms with Crippen molar-refractivity contribution in [3.63, 3.8) is 0 Å². The molecule has 17 heteroatoms. The zero-order valence-corrected chi connectivity index (χ0v) is 25.4. The molecule has 0 saturated carbocycles. The van der Waals surface area contributed by atoms with E-state index in [0.29, 0.717) is 34.8 Å². The molecule has 1 aromatic heterocycles. The average Bonchev–Trinajstić information content (AvgIpc) is 3.43. The number of aliphatic carboxylic acids is 1. The SMILES string of the molecule is COc1ccc(-c2nc(C)no2)cc1CC(=O)N[C@H](C(=O)N[C@@H](CC(=O)O)C(=O)COC(=O)c1c(F)cccc1C(F)(F)F)C(C)C. The molecule has 1 heterocycles. The second kappa shape index (κ2) is 15.3. The van der Waals surface area contributed by atoms with E-state index >= 15 is 0 Å². The largest absolute Gasteiger partial charge is 0.496 e. The van der Waals surface area contributed by atoms with Gasteiger partial charge in [0.15, 0.2) is 18.2 Å². The van der Waals surface area contributed by atoms with E-state index in [0.717, 1.165) is 6.07 Å². The van der Waals surface area contributed by atoms with Crippen LogP contribution in [0.3, 0.4) is 0 Å². The Morgan fingerprint density at radius 2 is 1.77 bits per heavy atom. The summed E-state index contributed by atoms with van der Waals surface area (Å²) in [7, 11) is 1.39. The lowest BCUT2D eigenvalue weighted by Crippen LogP contribution is -2.54. The van der Waals surface area contributed by atoms with Crippen LogP contribution < -0.4 is 15.4 Å². The van der Waals surface area contributed by atoms with Crippen LogP contribution in [0, 0.1) is 18.7 Å². The van der Waals surface area contributed by atoms with Crippen molar-refractivity contribution < 1.29 is 60.6 Å². The number of hydrogen-bond acceptors (Lipinski definition) is 10. The lowest BCUT2D eigenvalue weighted by molar-refractivity contribution is -0.141. The molecular weight excluding hydrogens is 636 g/mol. The summed E-state index contributed by atoms with van der Waals surface area (Å²) in [5.74, 6) is -7.46. The van der Waals surface area contributed by atoms with Gasteiger partial charge >= 0.3 is 18.1 Å². The number of esters is 1. The molecule has 0 unspecified atom stereocenters. The number of alkyl halides is 3. The molecule has 2 amide bonds. The number of methoxy groups -OCH3 is 1. The van der Waals surface area contributed by atoms with Gasteiger partial charge < -0.3 is 29.7 Å². The van der Waals surface area contributed by atoms with Gasteiger partial charge in [-0.3, -0.25) is 19.2 Å². The molecule has 0 bridgehead atoms. The molecule has 0 aliphatic carbocycles. The Bertz CT molecular complexity index is 1660. The number of nitrogens with one attached hydrogen (secondary N) is 2. The number of ether oxygens (including phenoxy) is 2. The maximum Gasteiger partial charge on any atom is 0.417 e. The summed E-state index contributed by atoms with van der Waals surface area (Å²) in [5, 5.41) is 17.7. The maximum absolute atomic E-state index is 14.1. The number of nitrogens with zero attached hydrogens (tertiary/aromatic N) is 2. The molecule has 3 aromatic rings. The van der Waals surface area contributed by atoms with E-state index in [1.165, 1.54) is 7.11 Å². The maximum atomic E-state index is 14.1. The Kier molecular flexibility index (Phi) is 11.8. The van der Waals surface area contributed by atoms with E-state index in [-0.39, 0.29) is 12.3 Å². The summed E-state index contributed by atoms with van der Waals surface area (Å²) in [6.07, 6.45) is -6.42. The first-order chi connectivity index (χ1) is 22.0. The smallest absolute Gasteiger partial charge is 0.417 e. The average molecular weight is 667 g/mol. The zero-order chi connectivity index (χ0) is 35.1. The second-order valence-electron chi connectivity index (χ2n) is 10.5. The topological polar surface area (TPSA) is 187 Å². The molecule has 0 spiro atoms. The number of halogens is 4. The van der Waals surface area contributed by atoms with Gasteiger partial charge in [0.2, 0.25) is 11.8 Å². The molecule has 0 fully saturated rings. The van der Waals surface area contributed by atoms with Crippen LogP contribution in [0.25, 0.3) is 11.5 Å². The van der Waals surface area contributed by atoms with Crippen molar-refractivity contribution in [2.75, 3.05) is 13.7 Å². The number of amides is 2. The number of carboxylic acids is 1. The van der Waals surface area contributed by atoms with Crippen molar-refractivity contribution in [3.8, 4) is 17.2 Å². The number of aryl methyl sites for hydroxylation is 1. The van der Waals surface area contributed by atoms with Gasteiger partial charge in [0.25, 0.3) is 5.89 Å². The van der Waals surface area contributed by atoms with Crippen molar-refractivity contribution in [1.29, 1.82) is 0 Å². The molecule has 0 aliphatic rings. The summed E-state index contributed by atoms with van der Waals surface area (Å²) in [6, 6.07) is 3.43. The van der Waals surface area contributed by atoms with Crippen LogP contribution in [0.1, 0.15) is 47.6 Å². The van der Waals surface area contributed by atoms with Crippen molar-refractivity contribution in [1.82, 2.24) is 20.8 Å². The molecule has 2 aromatic carbocycles. The molecule has 3 rings (SSSR count). The van der Waals surface area contributed by atoms with E-state index in [9.17, 15) is 46.6 Å². The van der Waals surface area contributed by atoms with Crippen LogP contribution in [0.4, 0.5) is 17.6 Å². The highest BCUT2D eigenvalue weighted by molar-refractivity contribution is 5.97. The Morgan fingerprint density at radius 3 is 2.34 bits per heavy atom. The van der Waals surface area contributed by atoms with E-state index in [4.69, 9.17) is 9.26 Å². The van der Waals surface area contributed by atoms with Gasteiger partial charge in [0.1, 0.15) is 29.2 Å². The number of carbonyl (C=O) groups excluding carboxylic acids is 4. The number of aromatic nitrogens is 2. The van der Waals surface area contributed by atoms with Gasteiger partial charge in [-0.25, -0.2) is 9.18 Å². The summed E-state index contributed by atoms with van der Waals surface area (Å²) in [5.41, 5.74) is -2.23. The third-order valence-electron chi connectivity index (χ3n) is 6.62. The Balaban J connectivity index is 1.72. The fourth-order valence-corrected chi connectivity index (χ4v) is 4.36. The molecule has 3 N–H and O–H groups in total. The van der Waals surface area contributed by atoms with Gasteiger partial charge in [0.05, 0.1) is 25.5 Å². The fraction of sp³-hybridized carbons (Fsp3) is 0.367. The normalized spacial score (nSPS) is 12.6. The number of rotatable bonds is 14. The fourth-order valence-electron chi connectivity index (χ4n) is 4.36. The monoisotopic (exact) mass is 666 g/mol. The summed E-state index contributed by atoms with van der Waals surface area (Å²) >= 11 is 0.